The first kappa shape index (κ1) is 22.1. The topological polar surface area (TPSA) is 68.5 Å². The average Bonchev–Trinajstić information content (AvgIpc) is 3.30. The van der Waals surface area contributed by atoms with Crippen LogP contribution in [0.5, 0.6) is 11.5 Å². The van der Waals surface area contributed by atoms with Crippen molar-refractivity contribution in [2.75, 3.05) is 45.3 Å². The zero-order valence-corrected chi connectivity index (χ0v) is 19.5. The van der Waals surface area contributed by atoms with Crippen LogP contribution in [-0.4, -0.2) is 65.5 Å². The Hall–Kier alpha value is -3.13. The van der Waals surface area contributed by atoms with Gasteiger partial charge in [0.05, 0.1) is 31.5 Å². The van der Waals surface area contributed by atoms with E-state index in [0.29, 0.717) is 0 Å². The normalized spacial score (nSPS) is 16.1. The highest BCUT2D eigenvalue weighted by molar-refractivity contribution is 5.58. The molecule has 1 fully saturated rings. The Morgan fingerprint density at radius 3 is 2.19 bits per heavy atom. The van der Waals surface area contributed by atoms with Gasteiger partial charge in [-0.3, -0.25) is 4.90 Å². The summed E-state index contributed by atoms with van der Waals surface area (Å²) in [5.41, 5.74) is 2.06. The molecule has 1 saturated heterocycles. The molecule has 0 bridgehead atoms. The van der Waals surface area contributed by atoms with E-state index >= 15 is 0 Å². The number of piperazine rings is 1. The maximum absolute atomic E-state index is 5.58. The van der Waals surface area contributed by atoms with Crippen LogP contribution in [0.4, 0.5) is 5.69 Å². The zero-order valence-electron chi connectivity index (χ0n) is 19.5. The molecule has 0 spiro atoms. The van der Waals surface area contributed by atoms with Gasteiger partial charge in [-0.2, -0.15) is 0 Å². The molecule has 3 aromatic rings. The molecular weight excluding hydrogens is 404 g/mol. The van der Waals surface area contributed by atoms with Crippen molar-refractivity contribution in [3.05, 3.63) is 59.9 Å². The maximum Gasteiger partial charge on any atom is 0.173 e. The minimum absolute atomic E-state index is 0.0463. The molecule has 0 radical (unpaired) electrons. The Balaban J connectivity index is 1.64. The van der Waals surface area contributed by atoms with Crippen molar-refractivity contribution in [1.82, 2.24) is 25.1 Å². The second-order valence-electron chi connectivity index (χ2n) is 8.99. The quantitative estimate of drug-likeness (QED) is 0.587. The molecule has 2 heterocycles. The Kier molecular flexibility index (Phi) is 6.32. The Labute approximate surface area is 189 Å². The highest BCUT2D eigenvalue weighted by Gasteiger charge is 2.33. The summed E-state index contributed by atoms with van der Waals surface area (Å²) >= 11 is 0. The van der Waals surface area contributed by atoms with Crippen molar-refractivity contribution in [3.8, 4) is 11.5 Å². The summed E-state index contributed by atoms with van der Waals surface area (Å²) in [5, 5.41) is 12.8. The first-order valence-electron chi connectivity index (χ1n) is 11.0. The number of benzene rings is 2. The van der Waals surface area contributed by atoms with Crippen LogP contribution < -0.4 is 14.4 Å². The molecule has 2 aromatic carbocycles. The van der Waals surface area contributed by atoms with Crippen molar-refractivity contribution in [3.63, 3.8) is 0 Å². The van der Waals surface area contributed by atoms with Gasteiger partial charge in [0.25, 0.3) is 0 Å². The van der Waals surface area contributed by atoms with Crippen LogP contribution >= 0.6 is 0 Å². The second-order valence-corrected chi connectivity index (χ2v) is 8.99. The number of nitrogens with zero attached hydrogens (tertiary/aromatic N) is 6. The average molecular weight is 437 g/mol. The van der Waals surface area contributed by atoms with Crippen molar-refractivity contribution < 1.29 is 9.47 Å². The first-order chi connectivity index (χ1) is 15.4. The molecule has 0 saturated carbocycles. The van der Waals surface area contributed by atoms with Crippen molar-refractivity contribution >= 4 is 5.69 Å². The predicted octanol–water partition coefficient (Wildman–Crippen LogP) is 3.36. The second kappa shape index (κ2) is 9.16. The lowest BCUT2D eigenvalue weighted by Gasteiger charge is -2.40. The van der Waals surface area contributed by atoms with Gasteiger partial charge in [-0.1, -0.05) is 24.3 Å². The minimum Gasteiger partial charge on any atom is -0.497 e. The Morgan fingerprint density at radius 2 is 1.56 bits per heavy atom. The molecule has 0 unspecified atom stereocenters. The van der Waals surface area contributed by atoms with E-state index in [2.05, 4.69) is 70.4 Å². The summed E-state index contributed by atoms with van der Waals surface area (Å²) in [6, 6.07) is 16.4. The third-order valence-electron chi connectivity index (χ3n) is 5.91. The van der Waals surface area contributed by atoms with Crippen LogP contribution in [0.2, 0.25) is 0 Å². The van der Waals surface area contributed by atoms with Crippen LogP contribution in [0, 0.1) is 0 Å². The van der Waals surface area contributed by atoms with Gasteiger partial charge in [-0.05, 0) is 61.0 Å². The summed E-state index contributed by atoms with van der Waals surface area (Å²) in [7, 11) is 3.41. The molecule has 1 aromatic heterocycles. The lowest BCUT2D eigenvalue weighted by Crippen LogP contribution is -2.48. The van der Waals surface area contributed by atoms with Crippen LogP contribution in [-0.2, 0) is 5.54 Å². The van der Waals surface area contributed by atoms with E-state index in [1.807, 2.05) is 28.9 Å². The van der Waals surface area contributed by atoms with Crippen LogP contribution in [0.15, 0.2) is 48.5 Å². The number of anilines is 1. The zero-order chi connectivity index (χ0) is 22.7. The molecule has 0 N–H and O–H groups in total. The van der Waals surface area contributed by atoms with E-state index in [4.69, 9.17) is 9.47 Å². The number of aromatic nitrogens is 4. The molecule has 1 aliphatic rings. The van der Waals surface area contributed by atoms with Gasteiger partial charge in [-0.15, -0.1) is 5.10 Å². The summed E-state index contributed by atoms with van der Waals surface area (Å²) in [6.45, 7) is 9.92. The molecular formula is C24H32N6O2. The summed E-state index contributed by atoms with van der Waals surface area (Å²) in [5.74, 6) is 2.60. The van der Waals surface area contributed by atoms with Crippen LogP contribution in [0.25, 0.3) is 0 Å². The SMILES string of the molecule is COc1ccc([C@H](c2nnnn2C(C)(C)C)N2CCN(c3ccccc3OC)CC2)cc1. The monoisotopic (exact) mass is 436 g/mol. The molecule has 1 aliphatic heterocycles. The van der Waals surface area contributed by atoms with E-state index < -0.39 is 0 Å². The fourth-order valence-corrected chi connectivity index (χ4v) is 4.26. The Bertz CT molecular complexity index is 1020. The van der Waals surface area contributed by atoms with E-state index in [1.165, 1.54) is 0 Å². The van der Waals surface area contributed by atoms with E-state index in [9.17, 15) is 0 Å². The number of methoxy groups -OCH3 is 2. The van der Waals surface area contributed by atoms with Crippen LogP contribution in [0.1, 0.15) is 38.2 Å². The summed E-state index contributed by atoms with van der Waals surface area (Å²) in [4.78, 5) is 4.84. The fourth-order valence-electron chi connectivity index (χ4n) is 4.26. The first-order valence-corrected chi connectivity index (χ1v) is 11.0. The summed E-state index contributed by atoms with van der Waals surface area (Å²) < 4.78 is 12.9. The van der Waals surface area contributed by atoms with E-state index in [1.54, 1.807) is 14.2 Å². The predicted molar refractivity (Wildman–Crippen MR) is 124 cm³/mol. The van der Waals surface area contributed by atoms with E-state index in [-0.39, 0.29) is 11.6 Å². The lowest BCUT2D eigenvalue weighted by atomic mass is 10.0. The van der Waals surface area contributed by atoms with Gasteiger partial charge < -0.3 is 14.4 Å². The summed E-state index contributed by atoms with van der Waals surface area (Å²) in [6.07, 6.45) is 0. The third kappa shape index (κ3) is 4.41. The smallest absolute Gasteiger partial charge is 0.173 e. The van der Waals surface area contributed by atoms with Crippen molar-refractivity contribution in [2.45, 2.75) is 32.4 Å². The van der Waals surface area contributed by atoms with Crippen LogP contribution in [0.3, 0.4) is 0 Å². The van der Waals surface area contributed by atoms with Gasteiger partial charge >= 0.3 is 0 Å². The standard InChI is InChI=1S/C24H32N6O2/c1-24(2,3)30-23(25-26-27-30)22(18-10-12-19(31-4)13-11-18)29-16-14-28(15-17-29)20-8-6-7-9-21(20)32-5/h6-13,22H,14-17H2,1-5H3/t22-/m1/s1. The molecule has 8 nitrogen and oxygen atoms in total. The van der Waals surface area contributed by atoms with Gasteiger partial charge in [0.15, 0.2) is 5.82 Å². The largest absolute Gasteiger partial charge is 0.497 e. The molecule has 0 amide bonds. The number of hydrogen-bond donors (Lipinski definition) is 0. The molecule has 1 atom stereocenters. The number of hydrogen-bond acceptors (Lipinski definition) is 7. The van der Waals surface area contributed by atoms with Gasteiger partial charge in [0.2, 0.25) is 0 Å². The van der Waals surface area contributed by atoms with Crippen molar-refractivity contribution in [2.24, 2.45) is 0 Å². The fraction of sp³-hybridized carbons (Fsp3) is 0.458. The maximum atomic E-state index is 5.58. The van der Waals surface area contributed by atoms with Gasteiger partial charge in [-0.25, -0.2) is 4.68 Å². The number of tetrazole rings is 1. The van der Waals surface area contributed by atoms with Gasteiger partial charge in [0, 0.05) is 26.2 Å². The number of rotatable bonds is 6. The molecule has 32 heavy (non-hydrogen) atoms. The Morgan fingerprint density at radius 1 is 0.875 bits per heavy atom. The minimum atomic E-state index is -0.219. The molecule has 0 aliphatic carbocycles. The highest BCUT2D eigenvalue weighted by atomic mass is 16.5. The molecule has 4 rings (SSSR count). The highest BCUT2D eigenvalue weighted by Crippen LogP contribution is 2.33. The van der Waals surface area contributed by atoms with E-state index in [0.717, 1.165) is 54.8 Å². The van der Waals surface area contributed by atoms with Crippen molar-refractivity contribution in [1.29, 1.82) is 0 Å². The lowest BCUT2D eigenvalue weighted by molar-refractivity contribution is 0.191. The third-order valence-corrected chi connectivity index (χ3v) is 5.91. The van der Waals surface area contributed by atoms with Gasteiger partial charge in [0.1, 0.15) is 11.5 Å². The molecule has 8 heteroatoms. The number of para-hydroxylation sites is 2. The number of ether oxygens (including phenoxy) is 2. The molecule has 170 valence electrons.